The first-order chi connectivity index (χ1) is 14.7. The number of hydrogen-bond acceptors (Lipinski definition) is 8. The Morgan fingerprint density at radius 1 is 0.933 bits per heavy atom. The van der Waals surface area contributed by atoms with Crippen LogP contribution in [0.25, 0.3) is 0 Å². The SMILES string of the molecule is CC(=NNc1nc(Nc2ccccc2)nc(N2CCCCC2)n1)c1cccc(N)c1. The molecule has 0 spiro atoms. The fourth-order valence-corrected chi connectivity index (χ4v) is 3.32. The van der Waals surface area contributed by atoms with Crippen LogP contribution in [0.5, 0.6) is 0 Å². The van der Waals surface area contributed by atoms with Gasteiger partial charge >= 0.3 is 0 Å². The highest BCUT2D eigenvalue weighted by Crippen LogP contribution is 2.21. The lowest BCUT2D eigenvalue weighted by Gasteiger charge is -2.26. The van der Waals surface area contributed by atoms with Gasteiger partial charge in [-0.3, -0.25) is 0 Å². The second-order valence-corrected chi connectivity index (χ2v) is 7.26. The number of anilines is 5. The maximum Gasteiger partial charge on any atom is 0.250 e. The number of benzene rings is 2. The molecule has 1 aromatic heterocycles. The van der Waals surface area contributed by atoms with Gasteiger partial charge in [-0.15, -0.1) is 0 Å². The topological polar surface area (TPSA) is 104 Å². The van der Waals surface area contributed by atoms with Crippen LogP contribution in [0.3, 0.4) is 0 Å². The number of hydrazone groups is 1. The van der Waals surface area contributed by atoms with E-state index in [0.717, 1.165) is 42.9 Å². The molecule has 0 saturated carbocycles. The zero-order valence-electron chi connectivity index (χ0n) is 17.0. The Kier molecular flexibility index (Phi) is 6.03. The summed E-state index contributed by atoms with van der Waals surface area (Å²) in [5.74, 6) is 1.53. The average Bonchev–Trinajstić information content (AvgIpc) is 2.78. The average molecular weight is 403 g/mol. The highest BCUT2D eigenvalue weighted by atomic mass is 15.4. The molecule has 154 valence electrons. The number of hydrogen-bond donors (Lipinski definition) is 3. The molecule has 0 radical (unpaired) electrons. The maximum absolute atomic E-state index is 5.88. The largest absolute Gasteiger partial charge is 0.399 e. The molecule has 8 heteroatoms. The summed E-state index contributed by atoms with van der Waals surface area (Å²) >= 11 is 0. The Labute approximate surface area is 176 Å². The molecule has 2 aromatic carbocycles. The van der Waals surface area contributed by atoms with Gasteiger partial charge in [0.1, 0.15) is 0 Å². The van der Waals surface area contributed by atoms with Gasteiger partial charge in [0.05, 0.1) is 5.71 Å². The zero-order valence-corrected chi connectivity index (χ0v) is 17.0. The first kappa shape index (κ1) is 19.6. The van der Waals surface area contributed by atoms with E-state index in [1.165, 1.54) is 6.42 Å². The maximum atomic E-state index is 5.88. The predicted octanol–water partition coefficient (Wildman–Crippen LogP) is 4.02. The van der Waals surface area contributed by atoms with Gasteiger partial charge in [-0.25, -0.2) is 5.43 Å². The van der Waals surface area contributed by atoms with Crippen molar-refractivity contribution in [3.05, 3.63) is 60.2 Å². The second-order valence-electron chi connectivity index (χ2n) is 7.26. The minimum atomic E-state index is 0.396. The molecular weight excluding hydrogens is 376 g/mol. The highest BCUT2D eigenvalue weighted by molar-refractivity contribution is 5.99. The van der Waals surface area contributed by atoms with Crippen molar-refractivity contribution in [1.82, 2.24) is 15.0 Å². The summed E-state index contributed by atoms with van der Waals surface area (Å²) in [4.78, 5) is 15.9. The van der Waals surface area contributed by atoms with Gasteiger partial charge in [0, 0.05) is 24.5 Å². The van der Waals surface area contributed by atoms with Gasteiger partial charge in [0.25, 0.3) is 0 Å². The van der Waals surface area contributed by atoms with Crippen LogP contribution in [0.1, 0.15) is 31.7 Å². The molecule has 0 atom stereocenters. The zero-order chi connectivity index (χ0) is 20.8. The van der Waals surface area contributed by atoms with Crippen molar-refractivity contribution in [3.63, 3.8) is 0 Å². The molecule has 1 fully saturated rings. The third-order valence-corrected chi connectivity index (χ3v) is 4.92. The van der Waals surface area contributed by atoms with Gasteiger partial charge in [-0.1, -0.05) is 30.3 Å². The number of nitrogens with one attached hydrogen (secondary N) is 2. The van der Waals surface area contributed by atoms with Gasteiger partial charge in [0.2, 0.25) is 17.8 Å². The molecule has 0 aliphatic carbocycles. The standard InChI is InChI=1S/C22H26N8/c1-16(17-9-8-10-18(23)15-17)28-29-21-25-20(24-19-11-4-2-5-12-19)26-22(27-21)30-13-6-3-7-14-30/h2,4-5,8-12,15H,3,6-7,13-14,23H2,1H3,(H2,24,25,26,27,29). The molecular formula is C22H26N8. The minimum absolute atomic E-state index is 0.396. The lowest BCUT2D eigenvalue weighted by atomic mass is 10.1. The Hall–Kier alpha value is -3.68. The summed E-state index contributed by atoms with van der Waals surface area (Å²) in [6.45, 7) is 3.80. The summed E-state index contributed by atoms with van der Waals surface area (Å²) in [5, 5.41) is 7.71. The van der Waals surface area contributed by atoms with Crippen LogP contribution in [-0.4, -0.2) is 33.8 Å². The van der Waals surface area contributed by atoms with Crippen LogP contribution in [0.2, 0.25) is 0 Å². The smallest absolute Gasteiger partial charge is 0.250 e. The number of aromatic nitrogens is 3. The van der Waals surface area contributed by atoms with Crippen molar-refractivity contribution in [2.75, 3.05) is 34.5 Å². The number of nitrogen functional groups attached to an aromatic ring is 1. The summed E-state index contributed by atoms with van der Waals surface area (Å²) < 4.78 is 0. The van der Waals surface area contributed by atoms with Crippen LogP contribution in [-0.2, 0) is 0 Å². The van der Waals surface area contributed by atoms with E-state index in [-0.39, 0.29) is 0 Å². The van der Waals surface area contributed by atoms with Crippen LogP contribution < -0.4 is 21.4 Å². The molecule has 4 rings (SSSR count). The van der Waals surface area contributed by atoms with Crippen molar-refractivity contribution < 1.29 is 0 Å². The number of para-hydroxylation sites is 1. The van der Waals surface area contributed by atoms with Crippen molar-refractivity contribution in [2.45, 2.75) is 26.2 Å². The van der Waals surface area contributed by atoms with E-state index in [1.807, 2.05) is 61.5 Å². The van der Waals surface area contributed by atoms with Gasteiger partial charge in [0.15, 0.2) is 0 Å². The van der Waals surface area contributed by atoms with E-state index in [1.54, 1.807) is 0 Å². The molecule has 30 heavy (non-hydrogen) atoms. The third-order valence-electron chi connectivity index (χ3n) is 4.92. The van der Waals surface area contributed by atoms with Crippen LogP contribution in [0.15, 0.2) is 59.7 Å². The highest BCUT2D eigenvalue weighted by Gasteiger charge is 2.16. The summed E-state index contributed by atoms with van der Waals surface area (Å²) in [7, 11) is 0. The van der Waals surface area contributed by atoms with E-state index in [9.17, 15) is 0 Å². The van der Waals surface area contributed by atoms with Crippen molar-refractivity contribution in [1.29, 1.82) is 0 Å². The van der Waals surface area contributed by atoms with E-state index < -0.39 is 0 Å². The fourth-order valence-electron chi connectivity index (χ4n) is 3.32. The Bertz CT molecular complexity index is 1010. The summed E-state index contributed by atoms with van der Waals surface area (Å²) in [5.41, 5.74) is 12.2. The molecule has 3 aromatic rings. The molecule has 1 saturated heterocycles. The van der Waals surface area contributed by atoms with Crippen LogP contribution >= 0.6 is 0 Å². The molecule has 8 nitrogen and oxygen atoms in total. The minimum Gasteiger partial charge on any atom is -0.399 e. The molecule has 2 heterocycles. The number of nitrogens with zero attached hydrogens (tertiary/aromatic N) is 5. The lowest BCUT2D eigenvalue weighted by molar-refractivity contribution is 0.568. The Morgan fingerprint density at radius 3 is 2.47 bits per heavy atom. The molecule has 1 aliphatic rings. The summed E-state index contributed by atoms with van der Waals surface area (Å²) in [6, 6.07) is 17.4. The first-order valence-electron chi connectivity index (χ1n) is 10.2. The molecule has 0 bridgehead atoms. The van der Waals surface area contributed by atoms with Crippen molar-refractivity contribution in [3.8, 4) is 0 Å². The van der Waals surface area contributed by atoms with E-state index in [2.05, 4.69) is 35.7 Å². The monoisotopic (exact) mass is 402 g/mol. The number of piperidine rings is 1. The van der Waals surface area contributed by atoms with Gasteiger partial charge in [-0.05, 0) is 56.0 Å². The van der Waals surface area contributed by atoms with Crippen molar-refractivity contribution in [2.24, 2.45) is 5.10 Å². The normalized spacial score (nSPS) is 14.4. The number of rotatable bonds is 6. The van der Waals surface area contributed by atoms with Crippen LogP contribution in [0.4, 0.5) is 29.2 Å². The van der Waals surface area contributed by atoms with E-state index in [0.29, 0.717) is 23.5 Å². The molecule has 1 aliphatic heterocycles. The Morgan fingerprint density at radius 2 is 1.70 bits per heavy atom. The van der Waals surface area contributed by atoms with Gasteiger partial charge in [-0.2, -0.15) is 20.1 Å². The van der Waals surface area contributed by atoms with Crippen LogP contribution in [0, 0.1) is 0 Å². The third kappa shape index (κ3) is 5.02. The quantitative estimate of drug-likeness (QED) is 0.325. The van der Waals surface area contributed by atoms with Crippen molar-refractivity contribution >= 4 is 34.9 Å². The van der Waals surface area contributed by atoms with E-state index >= 15 is 0 Å². The van der Waals surface area contributed by atoms with Gasteiger partial charge < -0.3 is 16.0 Å². The lowest BCUT2D eigenvalue weighted by Crippen LogP contribution is -2.31. The Balaban J connectivity index is 1.60. The molecule has 0 amide bonds. The number of nitrogens with two attached hydrogens (primary N) is 1. The first-order valence-corrected chi connectivity index (χ1v) is 10.2. The predicted molar refractivity (Wildman–Crippen MR) is 122 cm³/mol. The molecule has 0 unspecified atom stereocenters. The second kappa shape index (κ2) is 9.21. The fraction of sp³-hybridized carbons (Fsp3) is 0.273. The molecule has 4 N–H and O–H groups in total. The van der Waals surface area contributed by atoms with E-state index in [4.69, 9.17) is 5.73 Å². The summed E-state index contributed by atoms with van der Waals surface area (Å²) in [6.07, 6.45) is 3.52.